The molecule has 2 aromatic rings. The average molecular weight is 722 g/mol. The average Bonchev–Trinajstić information content (AvgIpc) is 3.03. The monoisotopic (exact) mass is 721 g/mol. The van der Waals surface area contributed by atoms with Crippen LogP contribution in [0.3, 0.4) is 0 Å². The van der Waals surface area contributed by atoms with Gasteiger partial charge in [-0.25, -0.2) is 0 Å². The van der Waals surface area contributed by atoms with E-state index in [0.29, 0.717) is 11.5 Å². The van der Waals surface area contributed by atoms with Gasteiger partial charge in [0.2, 0.25) is 0 Å². The predicted octanol–water partition coefficient (Wildman–Crippen LogP) is 10.8. The molecule has 0 spiro atoms. The molecule has 2 aromatic carbocycles. The van der Waals surface area contributed by atoms with Crippen molar-refractivity contribution in [1.82, 2.24) is 0 Å². The van der Waals surface area contributed by atoms with Gasteiger partial charge in [-0.05, 0) is 83.4 Å². The van der Waals surface area contributed by atoms with Crippen LogP contribution in [0.4, 0.5) is 0 Å². The Labute approximate surface area is 308 Å². The molecule has 3 rings (SSSR count). The van der Waals surface area contributed by atoms with Gasteiger partial charge >= 0.3 is 0 Å². The third-order valence-electron chi connectivity index (χ3n) is 11.3. The molecule has 1 radical (unpaired) electrons. The maximum atomic E-state index is 11.5. The van der Waals surface area contributed by atoms with E-state index in [4.69, 9.17) is 19.9 Å². The van der Waals surface area contributed by atoms with Gasteiger partial charge in [-0.1, -0.05) is 108 Å². The van der Waals surface area contributed by atoms with Crippen LogP contribution in [-0.4, -0.2) is 45.8 Å². The molecule has 0 bridgehead atoms. The van der Waals surface area contributed by atoms with Crippen LogP contribution in [0.25, 0.3) is 0 Å². The van der Waals surface area contributed by atoms with E-state index in [2.05, 4.69) is 107 Å². The first-order chi connectivity index (χ1) is 22.2. The summed E-state index contributed by atoms with van der Waals surface area (Å²) in [4.78, 5) is 19.2. The summed E-state index contributed by atoms with van der Waals surface area (Å²) < 4.78 is 0. The van der Waals surface area contributed by atoms with Crippen molar-refractivity contribution in [1.29, 1.82) is 0 Å². The van der Waals surface area contributed by atoms with Gasteiger partial charge in [0.25, 0.3) is 5.97 Å². The Hall–Kier alpha value is -2.64. The van der Waals surface area contributed by atoms with Crippen molar-refractivity contribution in [3.05, 3.63) is 57.6 Å². The van der Waals surface area contributed by atoms with Gasteiger partial charge in [0.15, 0.2) is 0 Å². The molecule has 2 atom stereocenters. The Bertz CT molecular complexity index is 1350. The van der Waals surface area contributed by atoms with E-state index in [1.165, 1.54) is 11.1 Å². The zero-order chi connectivity index (χ0) is 36.7. The molecule has 0 aliphatic heterocycles. The molecule has 7 heteroatoms. The first-order valence-corrected chi connectivity index (χ1v) is 18.2. The summed E-state index contributed by atoms with van der Waals surface area (Å²) >= 11 is 0. The molecular weight excluding hydrogens is 655 g/mol. The third-order valence-corrected chi connectivity index (χ3v) is 11.3. The first kappa shape index (κ1) is 44.4. The second kappa shape index (κ2) is 18.0. The smallest absolute Gasteiger partial charge is 0.300 e. The third kappa shape index (κ3) is 11.4. The van der Waals surface area contributed by atoms with E-state index in [-0.39, 0.29) is 50.5 Å². The van der Waals surface area contributed by atoms with E-state index in [1.54, 1.807) is 0 Å². The van der Waals surface area contributed by atoms with Gasteiger partial charge in [-0.3, -0.25) is 14.8 Å². The number of phenolic OH excluding ortho intramolecular Hbond substituents is 2. The number of rotatable bonds is 12. The van der Waals surface area contributed by atoms with E-state index in [1.807, 2.05) is 12.4 Å². The molecule has 277 valence electrons. The quantitative estimate of drug-likeness (QED) is 0.190. The van der Waals surface area contributed by atoms with Crippen molar-refractivity contribution in [3.8, 4) is 11.5 Å². The van der Waals surface area contributed by atoms with Crippen LogP contribution in [0, 0.1) is 0 Å². The molecule has 0 saturated heterocycles. The summed E-state index contributed by atoms with van der Waals surface area (Å²) in [6.07, 6.45) is 11.9. The van der Waals surface area contributed by atoms with Crippen LogP contribution in [0.15, 0.2) is 34.3 Å². The van der Waals surface area contributed by atoms with Crippen molar-refractivity contribution in [2.45, 2.75) is 175 Å². The minimum atomic E-state index is -0.833. The molecule has 1 fully saturated rings. The van der Waals surface area contributed by atoms with Gasteiger partial charge in [0, 0.05) is 58.4 Å². The van der Waals surface area contributed by atoms with E-state index in [0.717, 1.165) is 80.5 Å². The molecule has 0 aromatic heterocycles. The summed E-state index contributed by atoms with van der Waals surface area (Å²) in [5.74, 6) is -0.142. The summed E-state index contributed by atoms with van der Waals surface area (Å²) in [6, 6.07) is 8.76. The van der Waals surface area contributed by atoms with Gasteiger partial charge in [0.05, 0.1) is 12.1 Å². The minimum absolute atomic E-state index is 0. The molecule has 1 saturated carbocycles. The van der Waals surface area contributed by atoms with Crippen molar-refractivity contribution in [3.63, 3.8) is 0 Å². The number of carboxylic acids is 1. The van der Waals surface area contributed by atoms with Gasteiger partial charge < -0.3 is 15.3 Å². The van der Waals surface area contributed by atoms with Crippen LogP contribution in [0.5, 0.6) is 11.5 Å². The Kier molecular flexibility index (Phi) is 16.3. The van der Waals surface area contributed by atoms with E-state index < -0.39 is 5.97 Å². The van der Waals surface area contributed by atoms with E-state index >= 15 is 0 Å². The zero-order valence-corrected chi connectivity index (χ0v) is 33.8. The molecule has 3 N–H and O–H groups in total. The number of hydrogen-bond acceptors (Lipinski definition) is 5. The fraction of sp³-hybridized carbons (Fsp3) is 0.643. The SMILES string of the molecule is CC(=O)O.CCC(C)(C)c1cc(/C=N/C2CCCCC2/N=C/c2cc(C(C)(C)CC)cc(C(C)(C)CC)c2O)c(O)c(C(C)(C)CC)c1.[Co]. The second-order valence-corrected chi connectivity index (χ2v) is 16.4. The number of phenols is 2. The number of aliphatic carboxylic acids is 1. The largest absolute Gasteiger partial charge is 0.507 e. The topological polar surface area (TPSA) is 102 Å². The number of aliphatic imine (C=N–C) groups is 2. The van der Waals surface area contributed by atoms with Gasteiger partial charge in [0.1, 0.15) is 11.5 Å². The predicted molar refractivity (Wildman–Crippen MR) is 204 cm³/mol. The molecule has 0 heterocycles. The number of hydrogen-bond donors (Lipinski definition) is 3. The molecule has 0 amide bonds. The Morgan fingerprint density at radius 2 is 0.939 bits per heavy atom. The van der Waals surface area contributed by atoms with E-state index in [9.17, 15) is 10.2 Å². The summed E-state index contributed by atoms with van der Waals surface area (Å²) in [5, 5.41) is 30.4. The summed E-state index contributed by atoms with van der Waals surface area (Å²) in [7, 11) is 0. The number of aromatic hydroxyl groups is 2. The first-order valence-electron chi connectivity index (χ1n) is 18.2. The summed E-state index contributed by atoms with van der Waals surface area (Å²) in [6.45, 7) is 27.8. The van der Waals surface area contributed by atoms with Crippen molar-refractivity contribution in [2.75, 3.05) is 0 Å². The normalized spacial score (nSPS) is 17.5. The summed E-state index contributed by atoms with van der Waals surface area (Å²) in [5.41, 5.74) is 5.79. The number of carboxylic acid groups (broad SMARTS) is 1. The van der Waals surface area contributed by atoms with Crippen LogP contribution < -0.4 is 0 Å². The van der Waals surface area contributed by atoms with Crippen LogP contribution in [0.2, 0.25) is 0 Å². The van der Waals surface area contributed by atoms with Crippen molar-refractivity contribution >= 4 is 18.4 Å². The Morgan fingerprint density at radius 3 is 1.20 bits per heavy atom. The molecule has 2 unspecified atom stereocenters. The molecule has 1 aliphatic carbocycles. The molecule has 6 nitrogen and oxygen atoms in total. The minimum Gasteiger partial charge on any atom is -0.507 e. The van der Waals surface area contributed by atoms with Crippen molar-refractivity contribution in [2.24, 2.45) is 9.98 Å². The van der Waals surface area contributed by atoms with Crippen molar-refractivity contribution < 1.29 is 36.9 Å². The number of nitrogens with zero attached hydrogens (tertiary/aromatic N) is 2. The Balaban J connectivity index is 0.00000227. The molecule has 49 heavy (non-hydrogen) atoms. The fourth-order valence-electron chi connectivity index (χ4n) is 5.90. The molecule has 1 aliphatic rings. The van der Waals surface area contributed by atoms with Crippen LogP contribution in [0.1, 0.15) is 175 Å². The van der Waals surface area contributed by atoms with Gasteiger partial charge in [-0.15, -0.1) is 0 Å². The second-order valence-electron chi connectivity index (χ2n) is 16.4. The van der Waals surface area contributed by atoms with Crippen LogP contribution in [-0.2, 0) is 43.2 Å². The standard InChI is InChI=1S/C40H62N2O2.C2H4O2.Co/c1-13-37(5,6)29-21-27(35(43)31(23-29)39(9,10)15-3)25-41-33-19-17-18-20-34(33)42-26-28-22-30(38(7,8)14-2)24-32(36(28)44)40(11,12)16-4;1-2(3)4;/h21-26,33-34,43-44H,13-20H2,1-12H3;1H3,(H,3,4);/b41-25+,42-26+;;. The Morgan fingerprint density at radius 1 is 0.653 bits per heavy atom. The van der Waals surface area contributed by atoms with Crippen LogP contribution >= 0.6 is 0 Å². The number of benzene rings is 2. The maximum absolute atomic E-state index is 11.5. The fourth-order valence-corrected chi connectivity index (χ4v) is 5.90. The maximum Gasteiger partial charge on any atom is 0.300 e. The molecular formula is C42H66CoN2O4. The van der Waals surface area contributed by atoms with Gasteiger partial charge in [-0.2, -0.15) is 0 Å². The number of carbonyl (C=O) groups is 1. The zero-order valence-electron chi connectivity index (χ0n) is 32.8.